The molecule has 0 amide bonds. The van der Waals surface area contributed by atoms with Gasteiger partial charge >= 0.3 is 0 Å². The molecule has 134 valence electrons. The zero-order valence-electron chi connectivity index (χ0n) is 14.4. The number of sulfonamides is 1. The second-order valence-corrected chi connectivity index (χ2v) is 9.44. The molecule has 2 aliphatic rings. The third kappa shape index (κ3) is 2.60. The second kappa shape index (κ2) is 5.36. The van der Waals surface area contributed by atoms with Crippen LogP contribution in [0.15, 0.2) is 12.3 Å². The Hall–Kier alpha value is -1.28. The molecule has 0 radical (unpaired) electrons. The largest absolute Gasteiger partial charge is 0.362 e. The molecule has 1 aromatic rings. The molecule has 0 spiro atoms. The molecular formula is C16H23F2N3O2S. The predicted molar refractivity (Wildman–Crippen MR) is 88.7 cm³/mol. The van der Waals surface area contributed by atoms with Gasteiger partial charge in [0.15, 0.2) is 0 Å². The van der Waals surface area contributed by atoms with Crippen LogP contribution in [0.1, 0.15) is 25.0 Å². The second-order valence-electron chi connectivity index (χ2n) is 7.43. The first-order valence-corrected chi connectivity index (χ1v) is 9.59. The smallest absolute Gasteiger partial charge is 0.258 e. The van der Waals surface area contributed by atoms with Gasteiger partial charge in [0.25, 0.3) is 5.92 Å². The number of pyridine rings is 1. The van der Waals surface area contributed by atoms with Crippen LogP contribution >= 0.6 is 0 Å². The van der Waals surface area contributed by atoms with Gasteiger partial charge in [-0.15, -0.1) is 0 Å². The standard InChI is InChI=1S/C16H23F2N3O2S/c1-15(2)13(16(15,17)18)10-24(22,23)21-8-6-11-5-7-19-14(20(3)4)12(11)9-21/h5,7,13H,6,8-10H2,1-4H3. The molecule has 24 heavy (non-hydrogen) atoms. The first kappa shape index (κ1) is 17.5. The summed E-state index contributed by atoms with van der Waals surface area (Å²) < 4.78 is 54.2. The van der Waals surface area contributed by atoms with Gasteiger partial charge < -0.3 is 4.90 Å². The van der Waals surface area contributed by atoms with Crippen molar-refractivity contribution in [2.24, 2.45) is 11.3 Å². The van der Waals surface area contributed by atoms with E-state index in [-0.39, 0.29) is 6.54 Å². The van der Waals surface area contributed by atoms with Crippen molar-refractivity contribution in [2.45, 2.75) is 32.7 Å². The summed E-state index contributed by atoms with van der Waals surface area (Å²) in [4.78, 5) is 6.15. The van der Waals surface area contributed by atoms with Crippen LogP contribution in [0.2, 0.25) is 0 Å². The molecule has 1 aromatic heterocycles. The summed E-state index contributed by atoms with van der Waals surface area (Å²) >= 11 is 0. The highest BCUT2D eigenvalue weighted by Gasteiger charge is 2.75. The maximum absolute atomic E-state index is 13.8. The molecule has 0 saturated heterocycles. The van der Waals surface area contributed by atoms with Crippen molar-refractivity contribution < 1.29 is 17.2 Å². The average Bonchev–Trinajstić information content (AvgIpc) is 2.87. The molecule has 1 unspecified atom stereocenters. The Morgan fingerprint density at radius 3 is 2.54 bits per heavy atom. The van der Waals surface area contributed by atoms with E-state index in [4.69, 9.17) is 0 Å². The summed E-state index contributed by atoms with van der Waals surface area (Å²) in [6, 6.07) is 1.89. The zero-order chi connectivity index (χ0) is 17.9. The van der Waals surface area contributed by atoms with Crippen LogP contribution < -0.4 is 4.90 Å². The highest BCUT2D eigenvalue weighted by molar-refractivity contribution is 7.89. The van der Waals surface area contributed by atoms with E-state index in [2.05, 4.69) is 4.98 Å². The summed E-state index contributed by atoms with van der Waals surface area (Å²) in [5.41, 5.74) is 0.681. The van der Waals surface area contributed by atoms with Crippen LogP contribution in [0.4, 0.5) is 14.6 Å². The quantitative estimate of drug-likeness (QED) is 0.826. The maximum Gasteiger partial charge on any atom is 0.258 e. The van der Waals surface area contributed by atoms with Crippen molar-refractivity contribution in [1.29, 1.82) is 0 Å². The fourth-order valence-electron chi connectivity index (χ4n) is 3.44. The number of aromatic nitrogens is 1. The van der Waals surface area contributed by atoms with E-state index in [1.54, 1.807) is 6.20 Å². The molecule has 0 aromatic carbocycles. The normalized spacial score (nSPS) is 25.2. The van der Waals surface area contributed by atoms with Crippen LogP contribution in [0.25, 0.3) is 0 Å². The van der Waals surface area contributed by atoms with Gasteiger partial charge in [0.2, 0.25) is 10.0 Å². The minimum absolute atomic E-state index is 0.192. The van der Waals surface area contributed by atoms with Crippen molar-refractivity contribution in [1.82, 2.24) is 9.29 Å². The number of halogens is 2. The van der Waals surface area contributed by atoms with Gasteiger partial charge in [-0.1, -0.05) is 13.8 Å². The Bertz CT molecular complexity index is 749. The molecule has 0 N–H and O–H groups in total. The number of alkyl halides is 2. The van der Waals surface area contributed by atoms with Gasteiger partial charge in [0, 0.05) is 50.3 Å². The Labute approximate surface area is 141 Å². The molecule has 1 fully saturated rings. The molecule has 1 atom stereocenters. The van der Waals surface area contributed by atoms with Crippen LogP contribution in [-0.2, 0) is 23.0 Å². The molecule has 0 bridgehead atoms. The minimum Gasteiger partial charge on any atom is -0.362 e. The number of hydrogen-bond donors (Lipinski definition) is 0. The molecule has 2 heterocycles. The van der Waals surface area contributed by atoms with E-state index in [0.29, 0.717) is 13.0 Å². The lowest BCUT2D eigenvalue weighted by molar-refractivity contribution is 0.0684. The maximum atomic E-state index is 13.8. The summed E-state index contributed by atoms with van der Waals surface area (Å²) in [5, 5.41) is 0. The first-order valence-electron chi connectivity index (χ1n) is 7.98. The summed E-state index contributed by atoms with van der Waals surface area (Å²) in [7, 11) is -0.0393. The molecule has 3 rings (SSSR count). The lowest BCUT2D eigenvalue weighted by Gasteiger charge is -2.30. The van der Waals surface area contributed by atoms with E-state index in [1.807, 2.05) is 25.1 Å². The topological polar surface area (TPSA) is 53.5 Å². The lowest BCUT2D eigenvalue weighted by Crippen LogP contribution is -2.39. The molecule has 8 heteroatoms. The van der Waals surface area contributed by atoms with Gasteiger partial charge in [-0.3, -0.25) is 0 Å². The molecule has 1 aliphatic heterocycles. The van der Waals surface area contributed by atoms with Gasteiger partial charge in [-0.25, -0.2) is 22.2 Å². The van der Waals surface area contributed by atoms with E-state index in [1.165, 1.54) is 18.2 Å². The van der Waals surface area contributed by atoms with E-state index < -0.39 is 33.0 Å². The summed E-state index contributed by atoms with van der Waals surface area (Å²) in [6.07, 6.45) is 2.29. The van der Waals surface area contributed by atoms with Crippen molar-refractivity contribution in [3.05, 3.63) is 23.4 Å². The Kier molecular flexibility index (Phi) is 3.92. The van der Waals surface area contributed by atoms with E-state index >= 15 is 0 Å². The SMILES string of the molecule is CN(C)c1nccc2c1CN(S(=O)(=O)CC1C(C)(C)C1(F)F)CC2. The highest BCUT2D eigenvalue weighted by atomic mass is 32.2. The van der Waals surface area contributed by atoms with Crippen LogP contribution in [0.5, 0.6) is 0 Å². The molecular weight excluding hydrogens is 336 g/mol. The number of nitrogens with zero attached hydrogens (tertiary/aromatic N) is 3. The number of fused-ring (bicyclic) bond motifs is 1. The van der Waals surface area contributed by atoms with Gasteiger partial charge in [-0.2, -0.15) is 4.31 Å². The van der Waals surface area contributed by atoms with E-state index in [9.17, 15) is 17.2 Å². The Balaban J connectivity index is 1.83. The van der Waals surface area contributed by atoms with Crippen molar-refractivity contribution >= 4 is 15.8 Å². The Morgan fingerprint density at radius 2 is 2.00 bits per heavy atom. The zero-order valence-corrected chi connectivity index (χ0v) is 15.2. The van der Waals surface area contributed by atoms with Crippen LogP contribution in [0.3, 0.4) is 0 Å². The van der Waals surface area contributed by atoms with Crippen molar-refractivity contribution in [3.63, 3.8) is 0 Å². The van der Waals surface area contributed by atoms with E-state index in [0.717, 1.165) is 16.9 Å². The Morgan fingerprint density at radius 1 is 1.38 bits per heavy atom. The molecule has 1 aliphatic carbocycles. The molecule has 1 saturated carbocycles. The van der Waals surface area contributed by atoms with Gasteiger partial charge in [0.05, 0.1) is 5.75 Å². The lowest BCUT2D eigenvalue weighted by atomic mass is 10.0. The first-order chi connectivity index (χ1) is 11.0. The van der Waals surface area contributed by atoms with Crippen molar-refractivity contribution in [3.8, 4) is 0 Å². The monoisotopic (exact) mass is 359 g/mol. The number of anilines is 1. The minimum atomic E-state index is -3.74. The van der Waals surface area contributed by atoms with Crippen LogP contribution in [-0.4, -0.2) is 50.0 Å². The van der Waals surface area contributed by atoms with Gasteiger partial charge in [-0.05, 0) is 18.1 Å². The van der Waals surface area contributed by atoms with Gasteiger partial charge in [0.1, 0.15) is 5.82 Å². The average molecular weight is 359 g/mol. The summed E-state index contributed by atoms with van der Waals surface area (Å²) in [6.45, 7) is 3.36. The third-order valence-corrected chi connectivity index (χ3v) is 7.23. The third-order valence-electron chi connectivity index (χ3n) is 5.37. The highest BCUT2D eigenvalue weighted by Crippen LogP contribution is 2.65. The fraction of sp³-hybridized carbons (Fsp3) is 0.688. The summed E-state index contributed by atoms with van der Waals surface area (Å²) in [5.74, 6) is -3.80. The van der Waals surface area contributed by atoms with Crippen molar-refractivity contribution in [2.75, 3.05) is 31.3 Å². The number of rotatable bonds is 4. The number of hydrogen-bond acceptors (Lipinski definition) is 4. The molecule has 5 nitrogen and oxygen atoms in total. The fourth-order valence-corrected chi connectivity index (χ4v) is 5.39. The van der Waals surface area contributed by atoms with Crippen LogP contribution in [0, 0.1) is 11.3 Å². The predicted octanol–water partition coefficient (Wildman–Crippen LogP) is 2.13.